The fourth-order valence-electron chi connectivity index (χ4n) is 3.55. The number of aromatic nitrogens is 1. The van der Waals surface area contributed by atoms with Crippen LogP contribution >= 0.6 is 11.3 Å². The molecular weight excluding hydrogens is 460 g/mol. The quantitative estimate of drug-likeness (QED) is 0.331. The molecule has 6 nitrogen and oxygen atoms in total. The van der Waals surface area contributed by atoms with E-state index in [4.69, 9.17) is 10.5 Å². The van der Waals surface area contributed by atoms with Gasteiger partial charge in [-0.3, -0.25) is 0 Å². The minimum Gasteiger partial charge on any atom is -0.477 e. The number of aryl methyl sites for hydroxylation is 1. The summed E-state index contributed by atoms with van der Waals surface area (Å²) < 4.78 is 34.9. The van der Waals surface area contributed by atoms with E-state index < -0.39 is 23.5 Å². The van der Waals surface area contributed by atoms with Crippen molar-refractivity contribution < 1.29 is 23.4 Å². The van der Waals surface area contributed by atoms with Gasteiger partial charge in [-0.2, -0.15) is 4.98 Å². The van der Waals surface area contributed by atoms with Gasteiger partial charge in [0.05, 0.1) is 5.69 Å². The SMILES string of the molecule is Cc1cc(Oc2nc(N(C)c3ccsc3C(=O)O)c(F)cc2F)cc(-c2cccc(CN)c2)c1. The van der Waals surface area contributed by atoms with E-state index in [0.29, 0.717) is 18.4 Å². The van der Waals surface area contributed by atoms with Crippen molar-refractivity contribution >= 4 is 28.8 Å². The second kappa shape index (κ2) is 9.58. The standard InChI is InChI=1S/C25H21F2N3O3S/c1-14-8-17(16-5-3-4-15(10-16)13-28)11-18(9-14)33-24-20(27)12-19(26)23(29-24)30(2)21-6-7-34-22(21)25(31)32/h3-12H,13,28H2,1-2H3,(H,31,32). The Bertz CT molecular complexity index is 1370. The highest BCUT2D eigenvalue weighted by Crippen LogP contribution is 2.35. The molecule has 0 saturated heterocycles. The molecule has 0 amide bonds. The number of benzene rings is 2. The lowest BCUT2D eigenvalue weighted by atomic mass is 10.0. The van der Waals surface area contributed by atoms with Gasteiger partial charge in [0, 0.05) is 19.7 Å². The van der Waals surface area contributed by atoms with E-state index in [2.05, 4.69) is 4.98 Å². The molecule has 4 aromatic rings. The maximum absolute atomic E-state index is 14.6. The van der Waals surface area contributed by atoms with E-state index >= 15 is 0 Å². The van der Waals surface area contributed by atoms with Gasteiger partial charge < -0.3 is 20.5 Å². The minimum atomic E-state index is -1.15. The highest BCUT2D eigenvalue weighted by molar-refractivity contribution is 7.12. The van der Waals surface area contributed by atoms with Gasteiger partial charge in [-0.05, 0) is 58.8 Å². The molecule has 0 fully saturated rings. The van der Waals surface area contributed by atoms with Gasteiger partial charge in [-0.15, -0.1) is 11.3 Å². The highest BCUT2D eigenvalue weighted by Gasteiger charge is 2.22. The van der Waals surface area contributed by atoms with Crippen LogP contribution in [-0.2, 0) is 6.54 Å². The molecule has 0 unspecified atom stereocenters. The Balaban J connectivity index is 1.70. The van der Waals surface area contributed by atoms with E-state index in [1.165, 1.54) is 18.0 Å². The number of halogens is 2. The third kappa shape index (κ3) is 4.75. The summed E-state index contributed by atoms with van der Waals surface area (Å²) in [6.07, 6.45) is 0. The normalized spacial score (nSPS) is 10.9. The summed E-state index contributed by atoms with van der Waals surface area (Å²) in [4.78, 5) is 16.8. The Kier molecular flexibility index (Phi) is 6.58. The fraction of sp³-hybridized carbons (Fsp3) is 0.120. The number of carbonyl (C=O) groups is 1. The number of carboxylic acid groups (broad SMARTS) is 1. The van der Waals surface area contributed by atoms with Crippen LogP contribution in [0.4, 0.5) is 20.3 Å². The van der Waals surface area contributed by atoms with Crippen LogP contribution in [0.3, 0.4) is 0 Å². The smallest absolute Gasteiger partial charge is 0.348 e. The summed E-state index contributed by atoms with van der Waals surface area (Å²) in [5, 5.41) is 10.9. The molecule has 34 heavy (non-hydrogen) atoms. The molecule has 0 atom stereocenters. The molecule has 4 rings (SSSR count). The maximum atomic E-state index is 14.6. The number of thiophene rings is 1. The summed E-state index contributed by atoms with van der Waals surface area (Å²) >= 11 is 0.996. The van der Waals surface area contributed by atoms with Gasteiger partial charge in [-0.1, -0.05) is 24.3 Å². The van der Waals surface area contributed by atoms with Crippen molar-refractivity contribution in [2.24, 2.45) is 5.73 Å². The molecule has 0 bridgehead atoms. The van der Waals surface area contributed by atoms with Gasteiger partial charge in [0.2, 0.25) is 0 Å². The summed E-state index contributed by atoms with van der Waals surface area (Å²) in [6.45, 7) is 2.28. The molecule has 0 radical (unpaired) electrons. The number of anilines is 2. The van der Waals surface area contributed by atoms with Crippen LogP contribution in [0.5, 0.6) is 11.6 Å². The Morgan fingerprint density at radius 1 is 1.12 bits per heavy atom. The summed E-state index contributed by atoms with van der Waals surface area (Å²) in [6, 6.07) is 15.3. The number of rotatable bonds is 7. The van der Waals surface area contributed by atoms with Crippen molar-refractivity contribution in [1.29, 1.82) is 0 Å². The molecule has 174 valence electrons. The van der Waals surface area contributed by atoms with Crippen LogP contribution in [-0.4, -0.2) is 23.1 Å². The number of hydrogen-bond acceptors (Lipinski definition) is 6. The van der Waals surface area contributed by atoms with Crippen LogP contribution < -0.4 is 15.4 Å². The van der Waals surface area contributed by atoms with Crippen LogP contribution in [0.1, 0.15) is 20.8 Å². The summed E-state index contributed by atoms with van der Waals surface area (Å²) in [5.41, 5.74) is 9.58. The molecule has 0 aliphatic carbocycles. The Morgan fingerprint density at radius 3 is 2.65 bits per heavy atom. The first-order valence-electron chi connectivity index (χ1n) is 10.3. The van der Waals surface area contributed by atoms with E-state index in [1.807, 2.05) is 37.3 Å². The molecule has 2 heterocycles. The van der Waals surface area contributed by atoms with E-state index in [-0.39, 0.29) is 16.4 Å². The van der Waals surface area contributed by atoms with Crippen molar-refractivity contribution in [3.8, 4) is 22.8 Å². The first-order valence-corrected chi connectivity index (χ1v) is 11.1. The lowest BCUT2D eigenvalue weighted by Crippen LogP contribution is -2.16. The first kappa shape index (κ1) is 23.3. The van der Waals surface area contributed by atoms with Crippen LogP contribution in [0, 0.1) is 18.6 Å². The largest absolute Gasteiger partial charge is 0.477 e. The van der Waals surface area contributed by atoms with Crippen molar-refractivity contribution in [3.05, 3.63) is 87.6 Å². The van der Waals surface area contributed by atoms with Crippen LogP contribution in [0.2, 0.25) is 0 Å². The average molecular weight is 482 g/mol. The molecule has 2 aromatic carbocycles. The van der Waals surface area contributed by atoms with Crippen LogP contribution in [0.25, 0.3) is 11.1 Å². The predicted molar refractivity (Wildman–Crippen MR) is 128 cm³/mol. The number of aromatic carboxylic acids is 1. The van der Waals surface area contributed by atoms with E-state index in [0.717, 1.165) is 33.6 Å². The predicted octanol–water partition coefficient (Wildman–Crippen LogP) is 6.11. The first-order chi connectivity index (χ1) is 16.3. The lowest BCUT2D eigenvalue weighted by Gasteiger charge is -2.19. The van der Waals surface area contributed by atoms with E-state index in [1.54, 1.807) is 17.5 Å². The second-order valence-corrected chi connectivity index (χ2v) is 8.54. The summed E-state index contributed by atoms with van der Waals surface area (Å²) in [5.74, 6) is -3.45. The molecular formula is C25H21F2N3O3S. The Morgan fingerprint density at radius 2 is 1.91 bits per heavy atom. The van der Waals surface area contributed by atoms with E-state index in [9.17, 15) is 18.7 Å². The number of ether oxygens (including phenoxy) is 1. The number of pyridine rings is 1. The number of hydrogen-bond donors (Lipinski definition) is 2. The maximum Gasteiger partial charge on any atom is 0.348 e. The molecule has 0 saturated carbocycles. The molecule has 9 heteroatoms. The average Bonchev–Trinajstić information content (AvgIpc) is 3.30. The van der Waals surface area contributed by atoms with Crippen molar-refractivity contribution in [1.82, 2.24) is 4.98 Å². The zero-order chi connectivity index (χ0) is 24.4. The number of nitrogens with two attached hydrogens (primary N) is 1. The van der Waals surface area contributed by atoms with Gasteiger partial charge in [0.15, 0.2) is 17.5 Å². The van der Waals surface area contributed by atoms with Gasteiger partial charge >= 0.3 is 5.97 Å². The van der Waals surface area contributed by atoms with Gasteiger partial charge in [0.25, 0.3) is 5.88 Å². The number of nitrogens with zero attached hydrogens (tertiary/aromatic N) is 2. The highest BCUT2D eigenvalue weighted by atomic mass is 32.1. The Labute approximate surface area is 198 Å². The zero-order valence-corrected chi connectivity index (χ0v) is 19.2. The molecule has 0 spiro atoms. The molecule has 0 aliphatic heterocycles. The molecule has 3 N–H and O–H groups in total. The van der Waals surface area contributed by atoms with Gasteiger partial charge in [-0.25, -0.2) is 13.6 Å². The van der Waals surface area contributed by atoms with Gasteiger partial charge in [0.1, 0.15) is 10.6 Å². The summed E-state index contributed by atoms with van der Waals surface area (Å²) in [7, 11) is 1.46. The second-order valence-electron chi connectivity index (χ2n) is 7.62. The zero-order valence-electron chi connectivity index (χ0n) is 18.4. The Hall–Kier alpha value is -3.82. The minimum absolute atomic E-state index is 0.0125. The molecule has 2 aromatic heterocycles. The van der Waals surface area contributed by atoms with Crippen molar-refractivity contribution in [3.63, 3.8) is 0 Å². The van der Waals surface area contributed by atoms with Crippen molar-refractivity contribution in [2.45, 2.75) is 13.5 Å². The topological polar surface area (TPSA) is 88.7 Å². The number of carboxylic acids is 1. The lowest BCUT2D eigenvalue weighted by molar-refractivity contribution is 0.0703. The van der Waals surface area contributed by atoms with Crippen molar-refractivity contribution in [2.75, 3.05) is 11.9 Å². The molecule has 0 aliphatic rings. The fourth-order valence-corrected chi connectivity index (χ4v) is 4.31. The van der Waals surface area contributed by atoms with Crippen LogP contribution in [0.15, 0.2) is 60.0 Å². The third-order valence-corrected chi connectivity index (χ3v) is 6.05. The monoisotopic (exact) mass is 481 g/mol. The third-order valence-electron chi connectivity index (χ3n) is 5.16.